The number of fused-ring (bicyclic) bond motifs is 2. The number of methoxy groups -OCH3 is 1. The summed E-state index contributed by atoms with van der Waals surface area (Å²) in [5.74, 6) is 0.00804. The van der Waals surface area contributed by atoms with Crippen molar-refractivity contribution in [2.24, 2.45) is 5.92 Å². The molecule has 0 bridgehead atoms. The molecule has 1 unspecified atom stereocenters. The van der Waals surface area contributed by atoms with Crippen molar-refractivity contribution in [3.8, 4) is 5.75 Å². The normalized spacial score (nSPS) is 22.9. The molecule has 316 valence electrons. The standard InChI is InChI=1S/C46H50N6O8Si/c1-30-42(61(3,4)36-17-15-35(57-2)16-18-36)41(20-21-49-28-39(47-48-49)37(29-53)32-8-6-5-7-9-32)60-46(30)38-26-34(51-23-25-59-45(51)56)14-19-40(38)52(43(46)54)27-31-10-12-33(13-11-31)50-22-24-58-44(50)55/h5-19,26,28,30,37,41-42,53H,20-25,27,29H2,1-4H3/t30-,37?,41+,42-,46+/m0/s1. The maximum Gasteiger partial charge on any atom is 0.414 e. The highest BCUT2D eigenvalue weighted by atomic mass is 28.3. The summed E-state index contributed by atoms with van der Waals surface area (Å²) in [7, 11) is -0.823. The van der Waals surface area contributed by atoms with Crippen LogP contribution in [-0.4, -0.2) is 92.4 Å². The molecule has 15 heteroatoms. The van der Waals surface area contributed by atoms with Crippen LogP contribution in [0.4, 0.5) is 26.7 Å². The van der Waals surface area contributed by atoms with Crippen LogP contribution in [0.2, 0.25) is 18.6 Å². The van der Waals surface area contributed by atoms with Gasteiger partial charge in [0.25, 0.3) is 5.91 Å². The average Bonchev–Trinajstić information content (AvgIpc) is 4.12. The SMILES string of the molecule is COc1ccc([Si](C)(C)[C@@H]2[C@@H](CCn3cc(C(CO)c4ccccc4)nn3)O[C@]3(C(=O)N(Cc4ccc(N5CCOC5=O)cc4)c4ccc(N5CCOC5=O)cc43)[C@H]2C)cc1. The van der Waals surface area contributed by atoms with E-state index in [0.717, 1.165) is 33.8 Å². The molecule has 1 N–H and O–H groups in total. The van der Waals surface area contributed by atoms with Gasteiger partial charge in [-0.2, -0.15) is 0 Å². The zero-order valence-electron chi connectivity index (χ0n) is 34.8. The Morgan fingerprint density at radius 3 is 2.20 bits per heavy atom. The zero-order chi connectivity index (χ0) is 42.5. The summed E-state index contributed by atoms with van der Waals surface area (Å²) < 4.78 is 25.2. The number of rotatable bonds is 13. The van der Waals surface area contributed by atoms with Gasteiger partial charge in [-0.25, -0.2) is 9.59 Å². The predicted octanol–water partition coefficient (Wildman–Crippen LogP) is 6.18. The Kier molecular flexibility index (Phi) is 10.7. The summed E-state index contributed by atoms with van der Waals surface area (Å²) in [5.41, 5.74) is 3.91. The van der Waals surface area contributed by atoms with Gasteiger partial charge in [0.1, 0.15) is 19.0 Å². The number of aliphatic hydroxyl groups excluding tert-OH is 1. The molecule has 1 spiro atoms. The van der Waals surface area contributed by atoms with Crippen LogP contribution in [0.25, 0.3) is 0 Å². The minimum Gasteiger partial charge on any atom is -0.497 e. The molecule has 5 atom stereocenters. The molecule has 0 radical (unpaired) electrons. The fraction of sp³-hybridized carbons (Fsp3) is 0.370. The van der Waals surface area contributed by atoms with Crippen LogP contribution in [0.15, 0.2) is 103 Å². The van der Waals surface area contributed by atoms with E-state index in [9.17, 15) is 14.7 Å². The summed E-state index contributed by atoms with van der Waals surface area (Å²) in [4.78, 5) is 45.7. The van der Waals surface area contributed by atoms with Crippen molar-refractivity contribution in [1.82, 2.24) is 15.0 Å². The smallest absolute Gasteiger partial charge is 0.414 e. The molecule has 14 nitrogen and oxygen atoms in total. The first-order valence-corrected chi connectivity index (χ1v) is 23.9. The largest absolute Gasteiger partial charge is 0.497 e. The molecule has 0 aliphatic carbocycles. The topological polar surface area (TPSA) is 149 Å². The monoisotopic (exact) mass is 842 g/mol. The number of hydrogen-bond donors (Lipinski definition) is 1. The Bertz CT molecular complexity index is 2430. The highest BCUT2D eigenvalue weighted by Gasteiger charge is 2.66. The molecule has 9 rings (SSSR count). The van der Waals surface area contributed by atoms with E-state index in [1.165, 1.54) is 5.19 Å². The number of aromatic nitrogens is 3. The van der Waals surface area contributed by atoms with Gasteiger partial charge in [0, 0.05) is 35.6 Å². The van der Waals surface area contributed by atoms with Crippen molar-refractivity contribution in [1.29, 1.82) is 0 Å². The number of carbonyl (C=O) groups is 3. The van der Waals surface area contributed by atoms with E-state index in [4.69, 9.17) is 18.9 Å². The maximum absolute atomic E-state index is 15.5. The Hall–Kier alpha value is -6.03. The van der Waals surface area contributed by atoms with Crippen LogP contribution in [0.3, 0.4) is 0 Å². The Labute approximate surface area is 355 Å². The van der Waals surface area contributed by atoms with Crippen LogP contribution in [0, 0.1) is 5.92 Å². The van der Waals surface area contributed by atoms with Gasteiger partial charge in [0.15, 0.2) is 5.60 Å². The van der Waals surface area contributed by atoms with Gasteiger partial charge in [-0.1, -0.05) is 85.0 Å². The number of carbonyl (C=O) groups excluding carboxylic acids is 3. The Morgan fingerprint density at radius 1 is 0.885 bits per heavy atom. The lowest BCUT2D eigenvalue weighted by molar-refractivity contribution is -0.146. The molecule has 61 heavy (non-hydrogen) atoms. The van der Waals surface area contributed by atoms with Gasteiger partial charge in [0.2, 0.25) is 0 Å². The number of amides is 3. The minimum absolute atomic E-state index is 0.0462. The van der Waals surface area contributed by atoms with Crippen molar-refractivity contribution >= 4 is 48.4 Å². The third-order valence-corrected chi connectivity index (χ3v) is 17.5. The molecule has 1 aromatic heterocycles. The number of nitrogens with zero attached hydrogens (tertiary/aromatic N) is 6. The molecular formula is C46H50N6O8Si. The van der Waals surface area contributed by atoms with Crippen LogP contribution < -0.4 is 24.6 Å². The number of ether oxygens (including phenoxy) is 4. The fourth-order valence-electron chi connectivity index (χ4n) is 10.0. The first kappa shape index (κ1) is 40.4. The number of cyclic esters (lactones) is 2. The van der Waals surface area contributed by atoms with Crippen LogP contribution in [-0.2, 0) is 37.7 Å². The zero-order valence-corrected chi connectivity index (χ0v) is 35.8. The first-order chi connectivity index (χ1) is 29.5. The van der Waals surface area contributed by atoms with E-state index in [0.29, 0.717) is 44.0 Å². The number of aryl methyl sites for hydroxylation is 1. The van der Waals surface area contributed by atoms with E-state index in [-0.39, 0.29) is 55.2 Å². The summed E-state index contributed by atoms with van der Waals surface area (Å²) in [6, 6.07) is 31.4. The molecule has 0 saturated carbocycles. The van der Waals surface area contributed by atoms with Crippen molar-refractivity contribution in [3.05, 3.63) is 126 Å². The fourth-order valence-corrected chi connectivity index (χ4v) is 14.1. The highest BCUT2D eigenvalue weighted by Crippen LogP contribution is 2.60. The second kappa shape index (κ2) is 16.1. The van der Waals surface area contributed by atoms with E-state index in [1.807, 2.05) is 91.1 Å². The molecule has 3 saturated heterocycles. The van der Waals surface area contributed by atoms with Crippen LogP contribution in [0.5, 0.6) is 5.75 Å². The third-order valence-electron chi connectivity index (χ3n) is 13.2. The third kappa shape index (κ3) is 7.03. The second-order valence-electron chi connectivity index (χ2n) is 16.8. The lowest BCUT2D eigenvalue weighted by Gasteiger charge is -2.37. The quantitative estimate of drug-likeness (QED) is 0.136. The van der Waals surface area contributed by atoms with Gasteiger partial charge in [-0.05, 0) is 65.6 Å². The highest BCUT2D eigenvalue weighted by molar-refractivity contribution is 6.91. The lowest BCUT2D eigenvalue weighted by atomic mass is 9.82. The Morgan fingerprint density at radius 2 is 1.56 bits per heavy atom. The average molecular weight is 843 g/mol. The van der Waals surface area contributed by atoms with E-state index in [1.54, 1.807) is 26.5 Å². The van der Waals surface area contributed by atoms with E-state index >= 15 is 4.79 Å². The minimum atomic E-state index is -2.48. The molecule has 5 aromatic rings. The molecule has 3 amide bonds. The molecular weight excluding hydrogens is 793 g/mol. The van der Waals surface area contributed by atoms with Crippen LogP contribution >= 0.6 is 0 Å². The molecule has 4 aromatic carbocycles. The van der Waals surface area contributed by atoms with Gasteiger partial charge >= 0.3 is 12.2 Å². The van der Waals surface area contributed by atoms with Crippen molar-refractivity contribution in [3.63, 3.8) is 0 Å². The first-order valence-electron chi connectivity index (χ1n) is 20.9. The molecule has 4 aliphatic heterocycles. The van der Waals surface area contributed by atoms with Gasteiger partial charge < -0.3 is 29.0 Å². The van der Waals surface area contributed by atoms with Gasteiger partial charge in [0.05, 0.1) is 64.8 Å². The second-order valence-corrected chi connectivity index (χ2v) is 21.5. The summed E-state index contributed by atoms with van der Waals surface area (Å²) >= 11 is 0. The Balaban J connectivity index is 1.09. The van der Waals surface area contributed by atoms with Gasteiger partial charge in [-0.3, -0.25) is 19.3 Å². The molecule has 4 aliphatic rings. The van der Waals surface area contributed by atoms with Crippen molar-refractivity contribution in [2.75, 3.05) is 54.7 Å². The number of anilines is 3. The lowest BCUT2D eigenvalue weighted by Crippen LogP contribution is -2.51. The number of aliphatic hydroxyl groups is 1. The predicted molar refractivity (Wildman–Crippen MR) is 231 cm³/mol. The van der Waals surface area contributed by atoms with Crippen LogP contribution in [0.1, 0.15) is 41.6 Å². The van der Waals surface area contributed by atoms with Crippen molar-refractivity contribution in [2.45, 2.75) is 62.7 Å². The number of hydrogen-bond acceptors (Lipinski definition) is 10. The summed E-state index contributed by atoms with van der Waals surface area (Å²) in [6.45, 7) is 8.97. The van der Waals surface area contributed by atoms with Gasteiger partial charge in [-0.15, -0.1) is 5.10 Å². The summed E-state index contributed by atoms with van der Waals surface area (Å²) in [6.07, 6.45) is 1.26. The summed E-state index contributed by atoms with van der Waals surface area (Å²) in [5, 5.41) is 20.6. The molecule has 3 fully saturated rings. The number of benzene rings is 4. The van der Waals surface area contributed by atoms with E-state index in [2.05, 4.69) is 42.5 Å². The molecule has 5 heterocycles. The van der Waals surface area contributed by atoms with E-state index < -0.39 is 19.8 Å². The van der Waals surface area contributed by atoms with Crippen molar-refractivity contribution < 1.29 is 38.4 Å². The maximum atomic E-state index is 15.5.